The Morgan fingerprint density at radius 3 is 2.69 bits per heavy atom. The van der Waals surface area contributed by atoms with Gasteiger partial charge in [-0.15, -0.1) is 0 Å². The maximum atomic E-state index is 13.1. The van der Waals surface area contributed by atoms with Crippen molar-refractivity contribution in [1.29, 1.82) is 0 Å². The Labute approximate surface area is 215 Å². The molecular weight excluding hydrogens is 478 g/mol. The van der Waals surface area contributed by atoms with E-state index in [1.54, 1.807) is 25.3 Å². The number of piperazine rings is 1. The van der Waals surface area contributed by atoms with Crippen LogP contribution < -0.4 is 15.5 Å². The van der Waals surface area contributed by atoms with E-state index in [-0.39, 0.29) is 17.9 Å². The van der Waals surface area contributed by atoms with Crippen molar-refractivity contribution in [2.45, 2.75) is 39.2 Å². The molecule has 1 unspecified atom stereocenters. The SMILES string of the molecule is CC(=O)N1CCN(c2cc(Cl)c3c(c2)nc(NC(=O)c2ccnc(C)c2)n3C2CCCCNC2)CC1. The van der Waals surface area contributed by atoms with E-state index in [0.717, 1.165) is 67.9 Å². The van der Waals surface area contributed by atoms with Crippen LogP contribution in [0.1, 0.15) is 48.3 Å². The Balaban J connectivity index is 1.52. The summed E-state index contributed by atoms with van der Waals surface area (Å²) >= 11 is 6.92. The van der Waals surface area contributed by atoms with Crippen LogP contribution in [0.15, 0.2) is 30.5 Å². The quantitative estimate of drug-likeness (QED) is 0.557. The molecule has 0 bridgehead atoms. The van der Waals surface area contributed by atoms with Crippen molar-refractivity contribution in [3.8, 4) is 0 Å². The Morgan fingerprint density at radius 2 is 1.94 bits per heavy atom. The predicted octanol–water partition coefficient (Wildman–Crippen LogP) is 3.63. The molecule has 0 spiro atoms. The van der Waals surface area contributed by atoms with Crippen molar-refractivity contribution < 1.29 is 9.59 Å². The molecule has 2 aliphatic rings. The molecule has 4 heterocycles. The van der Waals surface area contributed by atoms with Crippen molar-refractivity contribution in [3.05, 3.63) is 46.7 Å². The van der Waals surface area contributed by atoms with Gasteiger partial charge in [-0.25, -0.2) is 4.98 Å². The highest BCUT2D eigenvalue weighted by Gasteiger charge is 2.26. The Bertz CT molecular complexity index is 1270. The average molecular weight is 510 g/mol. The number of fused-ring (bicyclic) bond motifs is 1. The first-order valence-electron chi connectivity index (χ1n) is 12.6. The third-order valence-corrected chi connectivity index (χ3v) is 7.37. The number of amides is 2. The summed E-state index contributed by atoms with van der Waals surface area (Å²) in [6, 6.07) is 7.61. The number of nitrogens with one attached hydrogen (secondary N) is 2. The Kier molecular flexibility index (Phi) is 7.11. The van der Waals surface area contributed by atoms with Crippen molar-refractivity contribution in [1.82, 2.24) is 24.8 Å². The number of imidazole rings is 1. The third kappa shape index (κ3) is 5.03. The first-order valence-corrected chi connectivity index (χ1v) is 12.9. The zero-order valence-electron chi connectivity index (χ0n) is 20.8. The van der Waals surface area contributed by atoms with Crippen LogP contribution in [0.2, 0.25) is 5.02 Å². The standard InChI is InChI=1S/C26H32ClN7O2/c1-17-13-19(6-8-29-17)25(36)31-26-30-23-15-21(33-11-9-32(10-12-33)18(2)35)14-22(27)24(23)34(26)20-5-3-4-7-28-16-20/h6,8,13-15,20,28H,3-5,7,9-12,16H2,1-2H3,(H,30,31,36). The molecule has 0 saturated carbocycles. The van der Waals surface area contributed by atoms with E-state index in [1.165, 1.54) is 0 Å². The number of nitrogens with zero attached hydrogens (tertiary/aromatic N) is 5. The molecule has 190 valence electrons. The first kappa shape index (κ1) is 24.5. The van der Waals surface area contributed by atoms with Gasteiger partial charge in [-0.3, -0.25) is 19.9 Å². The van der Waals surface area contributed by atoms with Crippen LogP contribution in [-0.2, 0) is 4.79 Å². The predicted molar refractivity (Wildman–Crippen MR) is 142 cm³/mol. The second kappa shape index (κ2) is 10.4. The summed E-state index contributed by atoms with van der Waals surface area (Å²) in [5.74, 6) is 0.373. The van der Waals surface area contributed by atoms with Gasteiger partial charge >= 0.3 is 0 Å². The van der Waals surface area contributed by atoms with E-state index >= 15 is 0 Å². The highest BCUT2D eigenvalue weighted by Crippen LogP contribution is 2.36. The molecule has 2 N–H and O–H groups in total. The zero-order valence-corrected chi connectivity index (χ0v) is 21.5. The molecule has 0 aliphatic carbocycles. The van der Waals surface area contributed by atoms with Crippen LogP contribution in [0.5, 0.6) is 0 Å². The summed E-state index contributed by atoms with van der Waals surface area (Å²) in [6.45, 7) is 8.06. The summed E-state index contributed by atoms with van der Waals surface area (Å²) in [4.78, 5) is 38.0. The lowest BCUT2D eigenvalue weighted by atomic mass is 10.1. The van der Waals surface area contributed by atoms with Crippen LogP contribution in [-0.4, -0.2) is 70.5 Å². The average Bonchev–Trinajstić information content (AvgIpc) is 3.02. The topological polar surface area (TPSA) is 95.4 Å². The molecule has 2 saturated heterocycles. The smallest absolute Gasteiger partial charge is 0.258 e. The fraction of sp³-hybridized carbons (Fsp3) is 0.462. The molecule has 2 fully saturated rings. The minimum atomic E-state index is -0.227. The molecule has 0 radical (unpaired) electrons. The third-order valence-electron chi connectivity index (χ3n) is 7.08. The summed E-state index contributed by atoms with van der Waals surface area (Å²) in [5.41, 5.74) is 3.87. The molecule has 1 atom stereocenters. The van der Waals surface area contributed by atoms with E-state index in [2.05, 4.69) is 25.1 Å². The number of aryl methyl sites for hydroxylation is 1. The van der Waals surface area contributed by atoms with Crippen molar-refractivity contribution in [2.75, 3.05) is 49.5 Å². The molecule has 9 nitrogen and oxygen atoms in total. The minimum Gasteiger partial charge on any atom is -0.368 e. The number of carbonyl (C=O) groups is 2. The Hall–Kier alpha value is -3.17. The van der Waals surface area contributed by atoms with Crippen LogP contribution in [0, 0.1) is 6.92 Å². The fourth-order valence-corrected chi connectivity index (χ4v) is 5.46. The number of halogens is 1. The van der Waals surface area contributed by atoms with E-state index in [0.29, 0.717) is 29.6 Å². The lowest BCUT2D eigenvalue weighted by Crippen LogP contribution is -2.48. The number of benzene rings is 1. The van der Waals surface area contributed by atoms with Gasteiger partial charge in [0.2, 0.25) is 11.9 Å². The fourth-order valence-electron chi connectivity index (χ4n) is 5.16. The normalized spacial score (nSPS) is 18.8. The molecule has 36 heavy (non-hydrogen) atoms. The van der Waals surface area contributed by atoms with Gasteiger partial charge in [0.1, 0.15) is 0 Å². The number of aromatic nitrogens is 3. The minimum absolute atomic E-state index is 0.101. The molecule has 2 aliphatic heterocycles. The zero-order chi connectivity index (χ0) is 25.2. The number of carbonyl (C=O) groups excluding carboxylic acids is 2. The maximum absolute atomic E-state index is 13.1. The molecule has 5 rings (SSSR count). The van der Waals surface area contributed by atoms with E-state index in [1.807, 2.05) is 24.0 Å². The van der Waals surface area contributed by atoms with Gasteiger partial charge in [0.05, 0.1) is 16.1 Å². The maximum Gasteiger partial charge on any atom is 0.258 e. The van der Waals surface area contributed by atoms with Crippen molar-refractivity contribution >= 4 is 46.1 Å². The largest absolute Gasteiger partial charge is 0.368 e. The van der Waals surface area contributed by atoms with Gasteiger partial charge in [-0.2, -0.15) is 0 Å². The van der Waals surface area contributed by atoms with Gasteiger partial charge in [0.15, 0.2) is 0 Å². The summed E-state index contributed by atoms with van der Waals surface area (Å²) in [6.07, 6.45) is 4.81. The second-order valence-corrected chi connectivity index (χ2v) is 9.99. The highest BCUT2D eigenvalue weighted by atomic mass is 35.5. The number of hydrogen-bond donors (Lipinski definition) is 2. The second-order valence-electron chi connectivity index (χ2n) is 9.59. The molecule has 3 aromatic rings. The van der Waals surface area contributed by atoms with Crippen LogP contribution in [0.25, 0.3) is 11.0 Å². The van der Waals surface area contributed by atoms with Gasteiger partial charge in [-0.1, -0.05) is 18.0 Å². The molecule has 2 aromatic heterocycles. The van der Waals surface area contributed by atoms with E-state index in [4.69, 9.17) is 16.6 Å². The summed E-state index contributed by atoms with van der Waals surface area (Å²) in [5, 5.41) is 7.16. The summed E-state index contributed by atoms with van der Waals surface area (Å²) < 4.78 is 2.10. The molecule has 2 amide bonds. The van der Waals surface area contributed by atoms with Crippen LogP contribution in [0.4, 0.5) is 11.6 Å². The van der Waals surface area contributed by atoms with Crippen molar-refractivity contribution in [3.63, 3.8) is 0 Å². The number of anilines is 2. The molecule has 10 heteroatoms. The number of hydrogen-bond acceptors (Lipinski definition) is 6. The Morgan fingerprint density at radius 1 is 1.14 bits per heavy atom. The van der Waals surface area contributed by atoms with Crippen LogP contribution >= 0.6 is 11.6 Å². The summed E-state index contributed by atoms with van der Waals surface area (Å²) in [7, 11) is 0. The first-order chi connectivity index (χ1) is 17.4. The van der Waals surface area contributed by atoms with Crippen LogP contribution in [0.3, 0.4) is 0 Å². The highest BCUT2D eigenvalue weighted by molar-refractivity contribution is 6.35. The monoisotopic (exact) mass is 509 g/mol. The van der Waals surface area contributed by atoms with E-state index < -0.39 is 0 Å². The van der Waals surface area contributed by atoms with E-state index in [9.17, 15) is 9.59 Å². The van der Waals surface area contributed by atoms with Gasteiger partial charge in [-0.05, 0) is 50.6 Å². The number of rotatable bonds is 4. The molecule has 1 aromatic carbocycles. The number of pyridine rings is 1. The van der Waals surface area contributed by atoms with Gasteiger partial charge < -0.3 is 19.7 Å². The lowest BCUT2D eigenvalue weighted by molar-refractivity contribution is -0.129. The lowest BCUT2D eigenvalue weighted by Gasteiger charge is -2.35. The van der Waals surface area contributed by atoms with Gasteiger partial charge in [0, 0.05) is 68.8 Å². The van der Waals surface area contributed by atoms with Gasteiger partial charge in [0.25, 0.3) is 5.91 Å². The molecular formula is C26H32ClN7O2. The van der Waals surface area contributed by atoms with Crippen molar-refractivity contribution in [2.24, 2.45) is 0 Å².